The molecule has 0 spiro atoms. The van der Waals surface area contributed by atoms with E-state index in [1.165, 1.54) is 6.42 Å². The molecule has 3 fully saturated rings. The largest absolute Gasteiger partial charge is 0.353 e. The molecule has 3 atom stereocenters. The molecule has 6 heteroatoms. The number of amides is 2. The van der Waals surface area contributed by atoms with Crippen molar-refractivity contribution in [2.45, 2.75) is 52.6 Å². The summed E-state index contributed by atoms with van der Waals surface area (Å²) in [6.45, 7) is 14.0. The van der Waals surface area contributed by atoms with Crippen molar-refractivity contribution in [1.29, 1.82) is 0 Å². The van der Waals surface area contributed by atoms with Crippen LogP contribution in [0.1, 0.15) is 40.5 Å². The first-order valence-corrected chi connectivity index (χ1v) is 9.61. The molecule has 0 aromatic heterocycles. The molecule has 142 valence electrons. The molecular weight excluding hydrogens is 316 g/mol. The Labute approximate surface area is 151 Å². The lowest BCUT2D eigenvalue weighted by Gasteiger charge is -2.56. The minimum Gasteiger partial charge on any atom is -0.353 e. The van der Waals surface area contributed by atoms with Crippen LogP contribution in [0.2, 0.25) is 0 Å². The number of piperazine rings is 1. The molecule has 0 aliphatic carbocycles. The first-order chi connectivity index (χ1) is 11.6. The molecule has 2 bridgehead atoms. The lowest BCUT2D eigenvalue weighted by Crippen LogP contribution is -2.63. The Morgan fingerprint density at radius 3 is 2.36 bits per heavy atom. The summed E-state index contributed by atoms with van der Waals surface area (Å²) in [5, 5.41) is 2.93. The quantitative estimate of drug-likeness (QED) is 0.817. The number of nitrogens with zero attached hydrogens (tertiary/aromatic N) is 3. The van der Waals surface area contributed by atoms with Crippen LogP contribution >= 0.6 is 0 Å². The molecule has 0 aromatic carbocycles. The molecule has 3 aliphatic rings. The van der Waals surface area contributed by atoms with E-state index in [9.17, 15) is 9.59 Å². The predicted molar refractivity (Wildman–Crippen MR) is 98.2 cm³/mol. The number of carbonyl (C=O) groups excluding carboxylic acids is 2. The predicted octanol–water partition coefficient (Wildman–Crippen LogP) is 0.776. The van der Waals surface area contributed by atoms with Crippen LogP contribution in [0, 0.1) is 10.8 Å². The van der Waals surface area contributed by atoms with Crippen molar-refractivity contribution in [3.63, 3.8) is 0 Å². The monoisotopic (exact) mass is 350 g/mol. The van der Waals surface area contributed by atoms with Gasteiger partial charge in [-0.25, -0.2) is 0 Å². The highest BCUT2D eigenvalue weighted by Gasteiger charge is 2.49. The number of carbonyl (C=O) groups is 2. The summed E-state index contributed by atoms with van der Waals surface area (Å²) >= 11 is 0. The van der Waals surface area contributed by atoms with E-state index in [4.69, 9.17) is 0 Å². The van der Waals surface area contributed by atoms with Crippen molar-refractivity contribution in [2.75, 3.05) is 46.3 Å². The van der Waals surface area contributed by atoms with Crippen LogP contribution in [-0.2, 0) is 9.59 Å². The Morgan fingerprint density at radius 1 is 1.20 bits per heavy atom. The Morgan fingerprint density at radius 2 is 1.80 bits per heavy atom. The van der Waals surface area contributed by atoms with E-state index < -0.39 is 0 Å². The minimum atomic E-state index is -0.327. The van der Waals surface area contributed by atoms with Gasteiger partial charge in [-0.05, 0) is 38.1 Å². The van der Waals surface area contributed by atoms with E-state index >= 15 is 0 Å². The van der Waals surface area contributed by atoms with Crippen molar-refractivity contribution < 1.29 is 9.59 Å². The summed E-state index contributed by atoms with van der Waals surface area (Å²) in [5.74, 6) is 0.136. The summed E-state index contributed by atoms with van der Waals surface area (Å²) in [6.07, 6.45) is 1.47. The molecule has 1 N–H and O–H groups in total. The van der Waals surface area contributed by atoms with Gasteiger partial charge in [0.1, 0.15) is 0 Å². The maximum atomic E-state index is 13.1. The van der Waals surface area contributed by atoms with Crippen LogP contribution in [0.4, 0.5) is 0 Å². The lowest BCUT2D eigenvalue weighted by molar-refractivity contribution is -0.148. The number of likely N-dealkylation sites (tertiary alicyclic amines) is 2. The molecule has 0 aromatic rings. The molecule has 0 radical (unpaired) electrons. The minimum absolute atomic E-state index is 0.00246. The standard InChI is InChI=1S/C19H34N4O2/c1-14(2)23-7-6-20-17(25)15(23)8-16(24)22-12-18(3)9-19(4,13-22)11-21(5)10-18/h14-15H,6-13H2,1-5H3,(H,20,25). The number of hydrogen-bond acceptors (Lipinski definition) is 4. The Balaban J connectivity index is 1.72. The summed E-state index contributed by atoms with van der Waals surface area (Å²) in [5.41, 5.74) is 0.310. The van der Waals surface area contributed by atoms with Gasteiger partial charge in [0, 0.05) is 45.3 Å². The fourth-order valence-electron chi connectivity index (χ4n) is 5.72. The Kier molecular flexibility index (Phi) is 4.88. The van der Waals surface area contributed by atoms with Gasteiger partial charge in [-0.15, -0.1) is 0 Å². The van der Waals surface area contributed by atoms with Gasteiger partial charge in [0.15, 0.2) is 0 Å². The highest BCUT2D eigenvalue weighted by atomic mass is 16.2. The summed E-state index contributed by atoms with van der Waals surface area (Å²) < 4.78 is 0. The molecule has 3 unspecified atom stereocenters. The maximum absolute atomic E-state index is 13.1. The van der Waals surface area contributed by atoms with Crippen molar-refractivity contribution >= 4 is 11.8 Å². The summed E-state index contributed by atoms with van der Waals surface area (Å²) in [7, 11) is 2.18. The van der Waals surface area contributed by atoms with Crippen LogP contribution in [0.5, 0.6) is 0 Å². The van der Waals surface area contributed by atoms with Gasteiger partial charge >= 0.3 is 0 Å². The third-order valence-electron chi connectivity index (χ3n) is 6.06. The maximum Gasteiger partial charge on any atom is 0.237 e. The van der Waals surface area contributed by atoms with Crippen molar-refractivity contribution in [3.8, 4) is 0 Å². The van der Waals surface area contributed by atoms with Gasteiger partial charge in [0.2, 0.25) is 11.8 Å². The zero-order valence-electron chi connectivity index (χ0n) is 16.5. The zero-order valence-corrected chi connectivity index (χ0v) is 16.5. The third kappa shape index (κ3) is 3.85. The van der Waals surface area contributed by atoms with Gasteiger partial charge in [-0.3, -0.25) is 14.5 Å². The molecular formula is C19H34N4O2. The first-order valence-electron chi connectivity index (χ1n) is 9.61. The summed E-state index contributed by atoms with van der Waals surface area (Å²) in [6, 6.07) is -0.0560. The van der Waals surface area contributed by atoms with E-state index in [0.29, 0.717) is 13.0 Å². The lowest BCUT2D eigenvalue weighted by atomic mass is 9.65. The second-order valence-electron chi connectivity index (χ2n) is 9.56. The number of piperidine rings is 2. The number of fused-ring (bicyclic) bond motifs is 2. The SMILES string of the molecule is CC(C)N1CCNC(=O)C1CC(=O)N1CC2(C)CN(C)CC(C)(C1)C2. The molecule has 6 nitrogen and oxygen atoms in total. The van der Waals surface area contributed by atoms with E-state index in [1.54, 1.807) is 0 Å². The van der Waals surface area contributed by atoms with Crippen molar-refractivity contribution in [1.82, 2.24) is 20.0 Å². The molecule has 0 saturated carbocycles. The second kappa shape index (κ2) is 6.54. The van der Waals surface area contributed by atoms with Gasteiger partial charge in [-0.1, -0.05) is 13.8 Å². The smallest absolute Gasteiger partial charge is 0.237 e. The van der Waals surface area contributed by atoms with Crippen LogP contribution in [-0.4, -0.2) is 84.9 Å². The molecule has 3 rings (SSSR count). The first kappa shape index (κ1) is 18.6. The zero-order chi connectivity index (χ0) is 18.4. The fourth-order valence-corrected chi connectivity index (χ4v) is 5.72. The molecule has 25 heavy (non-hydrogen) atoms. The number of nitrogens with one attached hydrogen (secondary N) is 1. The van der Waals surface area contributed by atoms with Gasteiger partial charge < -0.3 is 15.1 Å². The molecule has 3 heterocycles. The van der Waals surface area contributed by atoms with Crippen LogP contribution in [0.15, 0.2) is 0 Å². The van der Waals surface area contributed by atoms with Crippen LogP contribution < -0.4 is 5.32 Å². The second-order valence-corrected chi connectivity index (χ2v) is 9.56. The molecule has 3 aliphatic heterocycles. The van der Waals surface area contributed by atoms with E-state index in [-0.39, 0.29) is 34.7 Å². The Hall–Kier alpha value is -1.14. The average molecular weight is 351 g/mol. The molecule has 3 saturated heterocycles. The number of rotatable bonds is 3. The normalized spacial score (nSPS) is 37.3. The summed E-state index contributed by atoms with van der Waals surface area (Å²) in [4.78, 5) is 32.1. The van der Waals surface area contributed by atoms with Crippen LogP contribution in [0.25, 0.3) is 0 Å². The Bertz CT molecular complexity index is 532. The third-order valence-corrected chi connectivity index (χ3v) is 6.06. The van der Waals surface area contributed by atoms with Gasteiger partial charge in [-0.2, -0.15) is 0 Å². The molecule has 2 amide bonds. The van der Waals surface area contributed by atoms with Gasteiger partial charge in [0.05, 0.1) is 12.5 Å². The average Bonchev–Trinajstić information content (AvgIpc) is 2.45. The van der Waals surface area contributed by atoms with Gasteiger partial charge in [0.25, 0.3) is 0 Å². The fraction of sp³-hybridized carbons (Fsp3) is 0.895. The van der Waals surface area contributed by atoms with Crippen LogP contribution in [0.3, 0.4) is 0 Å². The highest BCUT2D eigenvalue weighted by Crippen LogP contribution is 2.45. The topological polar surface area (TPSA) is 55.9 Å². The van der Waals surface area contributed by atoms with Crippen molar-refractivity contribution in [2.24, 2.45) is 10.8 Å². The highest BCUT2D eigenvalue weighted by molar-refractivity contribution is 5.89. The number of hydrogen-bond donors (Lipinski definition) is 1. The van der Waals surface area contributed by atoms with E-state index in [1.807, 2.05) is 4.90 Å². The van der Waals surface area contributed by atoms with E-state index in [2.05, 4.69) is 49.9 Å². The van der Waals surface area contributed by atoms with Crippen molar-refractivity contribution in [3.05, 3.63) is 0 Å². The van der Waals surface area contributed by atoms with E-state index in [0.717, 1.165) is 32.7 Å².